The molecule has 0 fully saturated rings. The second kappa shape index (κ2) is 9.53. The Hall–Kier alpha value is -2.93. The molecule has 0 spiro atoms. The van der Waals surface area contributed by atoms with Crippen LogP contribution in [-0.4, -0.2) is 24.6 Å². The van der Waals surface area contributed by atoms with Gasteiger partial charge in [-0.1, -0.05) is 46.3 Å². The van der Waals surface area contributed by atoms with E-state index in [1.54, 1.807) is 30.3 Å². The predicted octanol–water partition coefficient (Wildman–Crippen LogP) is 3.41. The molecule has 2 rings (SSSR count). The van der Waals surface area contributed by atoms with E-state index in [9.17, 15) is 9.59 Å². The average molecular weight is 416 g/mol. The van der Waals surface area contributed by atoms with Gasteiger partial charge in [0.15, 0.2) is 0 Å². The zero-order valence-electron chi connectivity index (χ0n) is 14.2. The standard InChI is InChI=1S/C19H18BrN3O3/c1-3-10-26-17-9-6-15(20)11-14(17)12-21-23-19(25)18(24)22-16-7-4-13(2)5-8-16/h3-9,11-12H,1,10H2,2H3,(H,22,24)(H,23,25)/b21-12-. The van der Waals surface area contributed by atoms with Crippen molar-refractivity contribution < 1.29 is 14.3 Å². The molecule has 0 saturated heterocycles. The lowest BCUT2D eigenvalue weighted by atomic mass is 10.2. The third-order valence-electron chi connectivity index (χ3n) is 3.21. The molecule has 0 aromatic heterocycles. The summed E-state index contributed by atoms with van der Waals surface area (Å²) in [6, 6.07) is 12.5. The van der Waals surface area contributed by atoms with Gasteiger partial charge >= 0.3 is 11.8 Å². The molecule has 0 aliphatic carbocycles. The Morgan fingerprint density at radius 2 is 1.92 bits per heavy atom. The molecule has 0 atom stereocenters. The maximum atomic E-state index is 11.9. The highest BCUT2D eigenvalue weighted by atomic mass is 79.9. The van der Waals surface area contributed by atoms with Gasteiger partial charge in [-0.2, -0.15) is 5.10 Å². The Morgan fingerprint density at radius 1 is 1.19 bits per heavy atom. The third kappa shape index (κ3) is 5.86. The van der Waals surface area contributed by atoms with E-state index >= 15 is 0 Å². The van der Waals surface area contributed by atoms with E-state index in [2.05, 4.69) is 38.4 Å². The molecule has 2 amide bonds. The van der Waals surface area contributed by atoms with Gasteiger partial charge in [-0.15, -0.1) is 0 Å². The molecule has 0 heterocycles. The van der Waals surface area contributed by atoms with Crippen LogP contribution >= 0.6 is 15.9 Å². The number of hydrogen-bond acceptors (Lipinski definition) is 4. The maximum Gasteiger partial charge on any atom is 0.329 e. The fraction of sp³-hybridized carbons (Fsp3) is 0.105. The van der Waals surface area contributed by atoms with Crippen molar-refractivity contribution in [3.63, 3.8) is 0 Å². The molecule has 7 heteroatoms. The number of hydrogen-bond donors (Lipinski definition) is 2. The maximum absolute atomic E-state index is 11.9. The highest BCUT2D eigenvalue weighted by Crippen LogP contribution is 2.21. The van der Waals surface area contributed by atoms with Gasteiger partial charge in [0.2, 0.25) is 0 Å². The van der Waals surface area contributed by atoms with Crippen molar-refractivity contribution in [1.82, 2.24) is 5.43 Å². The normalized spacial score (nSPS) is 10.4. The topological polar surface area (TPSA) is 79.8 Å². The van der Waals surface area contributed by atoms with Crippen molar-refractivity contribution in [2.75, 3.05) is 11.9 Å². The fourth-order valence-corrected chi connectivity index (χ4v) is 2.32. The minimum atomic E-state index is -0.870. The van der Waals surface area contributed by atoms with Gasteiger partial charge in [-0.05, 0) is 37.3 Å². The molecular formula is C19H18BrN3O3. The van der Waals surface area contributed by atoms with Crippen LogP contribution in [0.5, 0.6) is 5.75 Å². The molecule has 26 heavy (non-hydrogen) atoms. The van der Waals surface area contributed by atoms with Crippen LogP contribution in [0, 0.1) is 6.92 Å². The summed E-state index contributed by atoms with van der Waals surface area (Å²) in [4.78, 5) is 23.7. The van der Waals surface area contributed by atoms with Gasteiger partial charge in [-0.3, -0.25) is 9.59 Å². The quantitative estimate of drug-likeness (QED) is 0.328. The summed E-state index contributed by atoms with van der Waals surface area (Å²) in [5.74, 6) is -1.09. The number of nitrogens with one attached hydrogen (secondary N) is 2. The molecule has 0 radical (unpaired) electrons. The minimum absolute atomic E-state index is 0.341. The van der Waals surface area contributed by atoms with E-state index in [4.69, 9.17) is 4.74 Å². The fourth-order valence-electron chi connectivity index (χ4n) is 1.94. The first-order valence-electron chi connectivity index (χ1n) is 7.74. The second-order valence-electron chi connectivity index (χ2n) is 5.30. The van der Waals surface area contributed by atoms with Crippen LogP contribution in [0.25, 0.3) is 0 Å². The first-order chi connectivity index (χ1) is 12.5. The summed E-state index contributed by atoms with van der Waals surface area (Å²) < 4.78 is 6.34. The summed E-state index contributed by atoms with van der Waals surface area (Å²) in [6.07, 6.45) is 3.03. The molecule has 0 aliphatic rings. The second-order valence-corrected chi connectivity index (χ2v) is 6.22. The van der Waals surface area contributed by atoms with E-state index in [-0.39, 0.29) is 0 Å². The Morgan fingerprint density at radius 3 is 2.62 bits per heavy atom. The van der Waals surface area contributed by atoms with E-state index < -0.39 is 11.8 Å². The van der Waals surface area contributed by atoms with Crippen molar-refractivity contribution in [3.05, 3.63) is 70.7 Å². The molecule has 0 saturated carbocycles. The van der Waals surface area contributed by atoms with Crippen LogP contribution in [0.3, 0.4) is 0 Å². The van der Waals surface area contributed by atoms with Crippen LogP contribution in [0.4, 0.5) is 5.69 Å². The van der Waals surface area contributed by atoms with Gasteiger partial charge in [-0.25, -0.2) is 5.43 Å². The van der Waals surface area contributed by atoms with Gasteiger partial charge in [0.1, 0.15) is 12.4 Å². The molecule has 2 aromatic rings. The van der Waals surface area contributed by atoms with E-state index in [0.29, 0.717) is 23.6 Å². The van der Waals surface area contributed by atoms with Crippen LogP contribution in [0.1, 0.15) is 11.1 Å². The van der Waals surface area contributed by atoms with Crippen molar-refractivity contribution in [1.29, 1.82) is 0 Å². The predicted molar refractivity (Wildman–Crippen MR) is 105 cm³/mol. The number of carbonyl (C=O) groups is 2. The number of carbonyl (C=O) groups excluding carboxylic acids is 2. The average Bonchev–Trinajstić information content (AvgIpc) is 2.62. The lowest BCUT2D eigenvalue weighted by Gasteiger charge is -2.07. The number of ether oxygens (including phenoxy) is 1. The molecule has 2 N–H and O–H groups in total. The highest BCUT2D eigenvalue weighted by molar-refractivity contribution is 9.10. The molecular weight excluding hydrogens is 398 g/mol. The number of benzene rings is 2. The number of amides is 2. The van der Waals surface area contributed by atoms with Crippen molar-refractivity contribution in [2.45, 2.75) is 6.92 Å². The summed E-state index contributed by atoms with van der Waals surface area (Å²) >= 11 is 3.36. The van der Waals surface area contributed by atoms with Crippen molar-refractivity contribution in [2.24, 2.45) is 5.10 Å². The number of nitrogens with zero attached hydrogens (tertiary/aromatic N) is 1. The first-order valence-corrected chi connectivity index (χ1v) is 8.53. The van der Waals surface area contributed by atoms with Crippen LogP contribution < -0.4 is 15.5 Å². The zero-order chi connectivity index (χ0) is 18.9. The molecule has 0 aliphatic heterocycles. The monoisotopic (exact) mass is 415 g/mol. The highest BCUT2D eigenvalue weighted by Gasteiger charge is 2.12. The lowest BCUT2D eigenvalue weighted by molar-refractivity contribution is -0.136. The minimum Gasteiger partial charge on any atom is -0.489 e. The zero-order valence-corrected chi connectivity index (χ0v) is 15.7. The number of aryl methyl sites for hydroxylation is 1. The molecule has 0 unspecified atom stereocenters. The third-order valence-corrected chi connectivity index (χ3v) is 3.71. The SMILES string of the molecule is C=CCOc1ccc(Br)cc1/C=N\NC(=O)C(=O)Nc1ccc(C)cc1. The van der Waals surface area contributed by atoms with Gasteiger partial charge < -0.3 is 10.1 Å². The van der Waals surface area contributed by atoms with E-state index in [1.165, 1.54) is 6.21 Å². The van der Waals surface area contributed by atoms with Gasteiger partial charge in [0.05, 0.1) is 6.21 Å². The molecule has 134 valence electrons. The van der Waals surface area contributed by atoms with Gasteiger partial charge in [0, 0.05) is 15.7 Å². The summed E-state index contributed by atoms with van der Waals surface area (Å²) in [5, 5.41) is 6.31. The van der Waals surface area contributed by atoms with Crippen LogP contribution in [-0.2, 0) is 9.59 Å². The number of halogens is 1. The van der Waals surface area contributed by atoms with Crippen molar-refractivity contribution >= 4 is 39.6 Å². The Balaban J connectivity index is 1.97. The Kier molecular flexibility index (Phi) is 7.11. The molecule has 0 bridgehead atoms. The van der Waals surface area contributed by atoms with Crippen LogP contribution in [0.2, 0.25) is 0 Å². The number of anilines is 1. The Bertz CT molecular complexity index is 832. The summed E-state index contributed by atoms with van der Waals surface area (Å²) in [7, 11) is 0. The van der Waals surface area contributed by atoms with Crippen LogP contribution in [0.15, 0.2) is 64.7 Å². The summed E-state index contributed by atoms with van der Waals surface area (Å²) in [6.45, 7) is 5.87. The van der Waals surface area contributed by atoms with E-state index in [1.807, 2.05) is 25.1 Å². The summed E-state index contributed by atoms with van der Waals surface area (Å²) in [5.41, 5.74) is 4.42. The number of rotatable bonds is 6. The first kappa shape index (κ1) is 19.4. The molecule has 2 aromatic carbocycles. The van der Waals surface area contributed by atoms with E-state index in [0.717, 1.165) is 10.0 Å². The lowest BCUT2D eigenvalue weighted by Crippen LogP contribution is -2.32. The largest absolute Gasteiger partial charge is 0.489 e. The smallest absolute Gasteiger partial charge is 0.329 e. The Labute approximate surface area is 160 Å². The van der Waals surface area contributed by atoms with Crippen molar-refractivity contribution in [3.8, 4) is 5.75 Å². The molecule has 6 nitrogen and oxygen atoms in total. The van der Waals surface area contributed by atoms with Gasteiger partial charge in [0.25, 0.3) is 0 Å². The number of hydrazone groups is 1.